The Labute approximate surface area is 135 Å². The molecule has 126 valence electrons. The molecule has 3 rings (SSSR count). The number of aromatic nitrogens is 2. The number of amides is 1. The first-order chi connectivity index (χ1) is 10.8. The molecule has 1 saturated heterocycles. The molecule has 1 atom stereocenters. The molecule has 1 aromatic rings. The Balaban J connectivity index is 1.52. The minimum atomic E-state index is -0.698. The first-order valence-corrected chi connectivity index (χ1v) is 7.97. The van der Waals surface area contributed by atoms with Crippen molar-refractivity contribution in [3.8, 4) is 5.75 Å². The number of rotatable bonds is 4. The Hall–Kier alpha value is -2.05. The Bertz CT molecular complexity index is 644. The van der Waals surface area contributed by atoms with E-state index < -0.39 is 5.97 Å². The van der Waals surface area contributed by atoms with Crippen molar-refractivity contribution in [3.63, 3.8) is 0 Å². The number of piperidine rings is 1. The van der Waals surface area contributed by atoms with Gasteiger partial charge in [0.1, 0.15) is 5.69 Å². The van der Waals surface area contributed by atoms with Gasteiger partial charge in [0.2, 0.25) is 0 Å². The zero-order valence-electron chi connectivity index (χ0n) is 13.8. The predicted molar refractivity (Wildman–Crippen MR) is 82.2 cm³/mol. The second kappa shape index (κ2) is 5.54. The fourth-order valence-corrected chi connectivity index (χ4v) is 3.64. The van der Waals surface area contributed by atoms with E-state index in [1.807, 2.05) is 20.9 Å². The zero-order valence-corrected chi connectivity index (χ0v) is 13.8. The quantitative estimate of drug-likeness (QED) is 0.898. The smallest absolute Gasteiger partial charge is 0.307 e. The number of nitrogens with zero attached hydrogens (tertiary/aromatic N) is 3. The van der Waals surface area contributed by atoms with Gasteiger partial charge in [-0.05, 0) is 38.5 Å². The lowest BCUT2D eigenvalue weighted by atomic mass is 9.91. The predicted octanol–water partition coefficient (Wildman–Crippen LogP) is 1.13. The van der Waals surface area contributed by atoms with Gasteiger partial charge in [-0.2, -0.15) is 5.10 Å². The summed E-state index contributed by atoms with van der Waals surface area (Å²) in [6.45, 7) is 5.01. The van der Waals surface area contributed by atoms with Crippen LogP contribution in [-0.4, -0.2) is 51.4 Å². The van der Waals surface area contributed by atoms with Crippen LogP contribution in [0.1, 0.15) is 30.7 Å². The standard InChI is InChI=1S/C16H23N3O4/c1-10-14(11(2)18(3)17-10)23-9-13(20)19-6-4-16(5-7-19)8-12(16)15(21)22/h12H,4-9H2,1-3H3,(H,21,22). The third kappa shape index (κ3) is 2.80. The molecular weight excluding hydrogens is 298 g/mol. The fraction of sp³-hybridized carbons (Fsp3) is 0.688. The minimum absolute atomic E-state index is 0.00271. The number of ether oxygens (including phenoxy) is 1. The molecule has 2 heterocycles. The summed E-state index contributed by atoms with van der Waals surface area (Å²) >= 11 is 0. The summed E-state index contributed by atoms with van der Waals surface area (Å²) in [7, 11) is 1.84. The van der Waals surface area contributed by atoms with E-state index >= 15 is 0 Å². The molecule has 1 aromatic heterocycles. The summed E-state index contributed by atoms with van der Waals surface area (Å²) in [5.74, 6) is -0.287. The molecule has 0 aromatic carbocycles. The molecule has 1 aliphatic heterocycles. The van der Waals surface area contributed by atoms with Crippen molar-refractivity contribution in [2.24, 2.45) is 18.4 Å². The number of aliphatic carboxylic acids is 1. The van der Waals surface area contributed by atoms with Crippen molar-refractivity contribution in [3.05, 3.63) is 11.4 Å². The van der Waals surface area contributed by atoms with E-state index in [-0.39, 0.29) is 23.8 Å². The molecule has 1 saturated carbocycles. The second-order valence-electron chi connectivity index (χ2n) is 6.75. The van der Waals surface area contributed by atoms with Gasteiger partial charge in [0, 0.05) is 20.1 Å². The first kappa shape index (κ1) is 15.8. The van der Waals surface area contributed by atoms with Crippen LogP contribution in [0, 0.1) is 25.2 Å². The van der Waals surface area contributed by atoms with Crippen molar-refractivity contribution in [2.45, 2.75) is 33.1 Å². The average molecular weight is 321 g/mol. The Morgan fingerprint density at radius 2 is 2.00 bits per heavy atom. The summed E-state index contributed by atoms with van der Waals surface area (Å²) in [4.78, 5) is 25.2. The largest absolute Gasteiger partial charge is 0.481 e. The topological polar surface area (TPSA) is 84.7 Å². The van der Waals surface area contributed by atoms with Crippen LogP contribution in [0.15, 0.2) is 0 Å². The third-order valence-electron chi connectivity index (χ3n) is 5.38. The van der Waals surface area contributed by atoms with Gasteiger partial charge in [-0.15, -0.1) is 0 Å². The number of carbonyl (C=O) groups is 2. The van der Waals surface area contributed by atoms with E-state index in [9.17, 15) is 9.59 Å². The van der Waals surface area contributed by atoms with Crippen LogP contribution < -0.4 is 4.74 Å². The van der Waals surface area contributed by atoms with E-state index in [0.29, 0.717) is 18.8 Å². The van der Waals surface area contributed by atoms with Crippen molar-refractivity contribution in [1.82, 2.24) is 14.7 Å². The highest BCUT2D eigenvalue weighted by atomic mass is 16.5. The van der Waals surface area contributed by atoms with Crippen molar-refractivity contribution in [2.75, 3.05) is 19.7 Å². The minimum Gasteiger partial charge on any atom is -0.481 e. The summed E-state index contributed by atoms with van der Waals surface area (Å²) < 4.78 is 7.40. The Morgan fingerprint density at radius 3 is 2.48 bits per heavy atom. The summed E-state index contributed by atoms with van der Waals surface area (Å²) in [5, 5.41) is 13.4. The van der Waals surface area contributed by atoms with Crippen molar-refractivity contribution < 1.29 is 19.4 Å². The van der Waals surface area contributed by atoms with Gasteiger partial charge in [0.05, 0.1) is 11.6 Å². The van der Waals surface area contributed by atoms with Crippen LogP contribution in [0.25, 0.3) is 0 Å². The molecule has 1 N–H and O–H groups in total. The number of hydrogen-bond donors (Lipinski definition) is 1. The number of likely N-dealkylation sites (tertiary alicyclic amines) is 1. The highest BCUT2D eigenvalue weighted by Crippen LogP contribution is 2.59. The van der Waals surface area contributed by atoms with Gasteiger partial charge < -0.3 is 14.7 Å². The summed E-state index contributed by atoms with van der Waals surface area (Å²) in [6.07, 6.45) is 2.32. The van der Waals surface area contributed by atoms with Crippen LogP contribution in [0.3, 0.4) is 0 Å². The molecule has 2 fully saturated rings. The van der Waals surface area contributed by atoms with Gasteiger partial charge in [-0.3, -0.25) is 14.3 Å². The van der Waals surface area contributed by atoms with E-state index in [4.69, 9.17) is 9.84 Å². The number of aryl methyl sites for hydroxylation is 2. The van der Waals surface area contributed by atoms with Crippen LogP contribution in [-0.2, 0) is 16.6 Å². The lowest BCUT2D eigenvalue weighted by Crippen LogP contribution is -2.42. The lowest BCUT2D eigenvalue weighted by Gasteiger charge is -2.32. The SMILES string of the molecule is Cc1nn(C)c(C)c1OCC(=O)N1CCC2(CC1)CC2C(=O)O. The Morgan fingerprint density at radius 1 is 1.35 bits per heavy atom. The van der Waals surface area contributed by atoms with Gasteiger partial charge in [0.25, 0.3) is 5.91 Å². The van der Waals surface area contributed by atoms with E-state index in [1.165, 1.54) is 0 Å². The molecule has 23 heavy (non-hydrogen) atoms. The van der Waals surface area contributed by atoms with Gasteiger partial charge in [-0.1, -0.05) is 0 Å². The normalized spacial score (nSPS) is 22.2. The zero-order chi connectivity index (χ0) is 16.8. The monoisotopic (exact) mass is 321 g/mol. The molecule has 0 radical (unpaired) electrons. The molecule has 7 nitrogen and oxygen atoms in total. The molecule has 2 aliphatic rings. The third-order valence-corrected chi connectivity index (χ3v) is 5.38. The number of carboxylic acid groups (broad SMARTS) is 1. The maximum atomic E-state index is 12.3. The van der Waals surface area contributed by atoms with E-state index in [2.05, 4.69) is 5.10 Å². The summed E-state index contributed by atoms with van der Waals surface area (Å²) in [5.41, 5.74) is 1.62. The average Bonchev–Trinajstić information content (AvgIpc) is 3.15. The van der Waals surface area contributed by atoms with E-state index in [0.717, 1.165) is 30.7 Å². The molecular formula is C16H23N3O4. The van der Waals surface area contributed by atoms with Crippen LogP contribution >= 0.6 is 0 Å². The molecule has 0 bridgehead atoms. The molecule has 1 unspecified atom stereocenters. The second-order valence-corrected chi connectivity index (χ2v) is 6.75. The van der Waals surface area contributed by atoms with Gasteiger partial charge >= 0.3 is 5.97 Å². The molecule has 1 aliphatic carbocycles. The van der Waals surface area contributed by atoms with Gasteiger partial charge in [0.15, 0.2) is 12.4 Å². The number of hydrogen-bond acceptors (Lipinski definition) is 4. The van der Waals surface area contributed by atoms with Crippen LogP contribution in [0.2, 0.25) is 0 Å². The number of carboxylic acids is 1. The molecule has 7 heteroatoms. The van der Waals surface area contributed by atoms with Gasteiger partial charge in [-0.25, -0.2) is 0 Å². The highest BCUT2D eigenvalue weighted by molar-refractivity contribution is 5.78. The van der Waals surface area contributed by atoms with Crippen LogP contribution in [0.5, 0.6) is 5.75 Å². The molecule has 1 amide bonds. The van der Waals surface area contributed by atoms with Crippen LogP contribution in [0.4, 0.5) is 0 Å². The Kier molecular flexibility index (Phi) is 3.82. The highest BCUT2D eigenvalue weighted by Gasteiger charge is 2.59. The van der Waals surface area contributed by atoms with E-state index in [1.54, 1.807) is 9.58 Å². The first-order valence-electron chi connectivity index (χ1n) is 7.97. The maximum Gasteiger partial charge on any atom is 0.307 e. The summed E-state index contributed by atoms with van der Waals surface area (Å²) in [6, 6.07) is 0. The lowest BCUT2D eigenvalue weighted by molar-refractivity contribution is -0.140. The molecule has 1 spiro atoms. The van der Waals surface area contributed by atoms with Crippen molar-refractivity contribution >= 4 is 11.9 Å². The maximum absolute atomic E-state index is 12.3. The fourth-order valence-electron chi connectivity index (χ4n) is 3.64. The van der Waals surface area contributed by atoms with Crippen molar-refractivity contribution in [1.29, 1.82) is 0 Å². The number of carbonyl (C=O) groups excluding carboxylic acids is 1.